The number of thioether (sulfide) groups is 2. The lowest BCUT2D eigenvalue weighted by molar-refractivity contribution is 0.0947. The minimum Gasteiger partial charge on any atom is -0.351 e. The molecule has 2 aliphatic heterocycles. The summed E-state index contributed by atoms with van der Waals surface area (Å²) in [6.07, 6.45) is 1.30. The van der Waals surface area contributed by atoms with E-state index < -0.39 is 0 Å². The quantitative estimate of drug-likeness (QED) is 0.813. The molecule has 4 nitrogen and oxygen atoms in total. The van der Waals surface area contributed by atoms with Gasteiger partial charge in [0.2, 0.25) is 0 Å². The molecule has 2 heterocycles. The van der Waals surface area contributed by atoms with E-state index in [0.29, 0.717) is 4.58 Å². The van der Waals surface area contributed by atoms with E-state index in [9.17, 15) is 4.79 Å². The number of nitrogens with one attached hydrogen (secondary N) is 2. The van der Waals surface area contributed by atoms with Gasteiger partial charge in [0, 0.05) is 44.8 Å². The lowest BCUT2D eigenvalue weighted by Gasteiger charge is -2.27. The van der Waals surface area contributed by atoms with E-state index in [-0.39, 0.29) is 18.3 Å². The fraction of sp³-hybridized carbons (Fsp3) is 0.588. The highest BCUT2D eigenvalue weighted by Gasteiger charge is 2.17. The van der Waals surface area contributed by atoms with E-state index in [4.69, 9.17) is 0 Å². The lowest BCUT2D eigenvalue weighted by atomic mass is 10.1. The highest BCUT2D eigenvalue weighted by atomic mass is 35.5. The summed E-state index contributed by atoms with van der Waals surface area (Å²) >= 11 is 4.02. The molecule has 2 aliphatic rings. The Morgan fingerprint density at radius 3 is 2.50 bits per heavy atom. The first-order valence-electron chi connectivity index (χ1n) is 8.37. The average Bonchev–Trinajstić information content (AvgIpc) is 2.63. The minimum absolute atomic E-state index is 0. The monoisotopic (exact) mass is 387 g/mol. The van der Waals surface area contributed by atoms with Crippen LogP contribution in [0.5, 0.6) is 0 Å². The largest absolute Gasteiger partial charge is 0.351 e. The SMILES string of the molecule is Cl.O=C(NCCN1CCNCC1)c1ccc(C2SCCCS2)cc1. The number of rotatable bonds is 5. The zero-order valence-corrected chi connectivity index (χ0v) is 16.3. The summed E-state index contributed by atoms with van der Waals surface area (Å²) in [6.45, 7) is 5.89. The van der Waals surface area contributed by atoms with Gasteiger partial charge in [-0.25, -0.2) is 0 Å². The van der Waals surface area contributed by atoms with Crippen molar-refractivity contribution in [2.24, 2.45) is 0 Å². The smallest absolute Gasteiger partial charge is 0.251 e. The van der Waals surface area contributed by atoms with Crippen molar-refractivity contribution in [2.75, 3.05) is 50.8 Å². The van der Waals surface area contributed by atoms with Gasteiger partial charge < -0.3 is 10.6 Å². The highest BCUT2D eigenvalue weighted by molar-refractivity contribution is 8.16. The van der Waals surface area contributed by atoms with Crippen molar-refractivity contribution in [1.82, 2.24) is 15.5 Å². The van der Waals surface area contributed by atoms with Crippen LogP contribution in [0.1, 0.15) is 26.9 Å². The van der Waals surface area contributed by atoms with Gasteiger partial charge in [0.15, 0.2) is 0 Å². The number of piperazine rings is 1. The fourth-order valence-corrected chi connectivity index (χ4v) is 5.73. The van der Waals surface area contributed by atoms with Crippen molar-refractivity contribution in [2.45, 2.75) is 11.0 Å². The predicted molar refractivity (Wildman–Crippen MR) is 108 cm³/mol. The summed E-state index contributed by atoms with van der Waals surface area (Å²) in [5.41, 5.74) is 2.09. The van der Waals surface area contributed by atoms with Crippen molar-refractivity contribution in [3.8, 4) is 0 Å². The van der Waals surface area contributed by atoms with Crippen LogP contribution in [0.4, 0.5) is 0 Å². The normalized spacial score (nSPS) is 19.5. The van der Waals surface area contributed by atoms with Gasteiger partial charge >= 0.3 is 0 Å². The van der Waals surface area contributed by atoms with E-state index in [1.54, 1.807) is 0 Å². The van der Waals surface area contributed by atoms with Gasteiger partial charge in [0.1, 0.15) is 0 Å². The number of carbonyl (C=O) groups is 1. The van der Waals surface area contributed by atoms with Crippen LogP contribution in [-0.4, -0.2) is 61.6 Å². The standard InChI is InChI=1S/C17H25N3OS2.ClH/c21-16(19-8-11-20-9-6-18-7-10-20)14-2-4-15(5-3-14)17-22-12-1-13-23-17;/h2-5,17-18H,1,6-13H2,(H,19,21);1H. The number of benzene rings is 1. The van der Waals surface area contributed by atoms with Crippen LogP contribution in [-0.2, 0) is 0 Å². The van der Waals surface area contributed by atoms with E-state index >= 15 is 0 Å². The van der Waals surface area contributed by atoms with Crippen molar-refractivity contribution in [3.05, 3.63) is 35.4 Å². The number of amides is 1. The van der Waals surface area contributed by atoms with Crippen LogP contribution >= 0.6 is 35.9 Å². The zero-order chi connectivity index (χ0) is 15.9. The molecular formula is C17H26ClN3OS2. The van der Waals surface area contributed by atoms with E-state index in [1.165, 1.54) is 23.5 Å². The van der Waals surface area contributed by atoms with Gasteiger partial charge in [-0.2, -0.15) is 0 Å². The second kappa shape index (κ2) is 10.6. The van der Waals surface area contributed by atoms with E-state index in [1.807, 2.05) is 35.7 Å². The Hall–Kier alpha value is -0.400. The molecule has 0 unspecified atom stereocenters. The molecule has 2 fully saturated rings. The van der Waals surface area contributed by atoms with Crippen LogP contribution in [0.3, 0.4) is 0 Å². The van der Waals surface area contributed by atoms with Crippen LogP contribution in [0.2, 0.25) is 0 Å². The fourth-order valence-electron chi connectivity index (χ4n) is 2.84. The first-order chi connectivity index (χ1) is 11.3. The molecule has 24 heavy (non-hydrogen) atoms. The lowest BCUT2D eigenvalue weighted by Crippen LogP contribution is -2.46. The number of halogens is 1. The average molecular weight is 388 g/mol. The molecule has 1 amide bonds. The number of hydrogen-bond acceptors (Lipinski definition) is 5. The molecule has 0 radical (unpaired) electrons. The molecule has 1 aromatic carbocycles. The molecule has 2 saturated heterocycles. The molecule has 0 spiro atoms. The molecule has 0 saturated carbocycles. The Kier molecular flexibility index (Phi) is 8.76. The van der Waals surface area contributed by atoms with Gasteiger partial charge in [-0.1, -0.05) is 12.1 Å². The third-order valence-corrected chi connectivity index (χ3v) is 7.21. The summed E-state index contributed by atoms with van der Waals surface area (Å²) < 4.78 is 0.536. The van der Waals surface area contributed by atoms with Gasteiger partial charge in [0.05, 0.1) is 4.58 Å². The van der Waals surface area contributed by atoms with Gasteiger partial charge in [-0.05, 0) is 35.6 Å². The first kappa shape index (κ1) is 19.9. The molecule has 0 aliphatic carbocycles. The maximum absolute atomic E-state index is 12.2. The first-order valence-corrected chi connectivity index (χ1v) is 10.5. The van der Waals surface area contributed by atoms with Crippen LogP contribution in [0.15, 0.2) is 24.3 Å². The van der Waals surface area contributed by atoms with Crippen LogP contribution < -0.4 is 10.6 Å². The van der Waals surface area contributed by atoms with Crippen molar-refractivity contribution < 1.29 is 4.79 Å². The van der Waals surface area contributed by atoms with E-state index in [0.717, 1.165) is 44.8 Å². The molecule has 7 heteroatoms. The number of nitrogens with zero attached hydrogens (tertiary/aromatic N) is 1. The Labute approximate surface area is 159 Å². The third-order valence-electron chi connectivity index (χ3n) is 4.20. The van der Waals surface area contributed by atoms with Gasteiger partial charge in [0.25, 0.3) is 5.91 Å². The highest BCUT2D eigenvalue weighted by Crippen LogP contribution is 2.43. The molecule has 1 aromatic rings. The zero-order valence-electron chi connectivity index (χ0n) is 13.8. The second-order valence-corrected chi connectivity index (χ2v) is 8.62. The molecule has 0 aromatic heterocycles. The maximum Gasteiger partial charge on any atom is 0.251 e. The predicted octanol–water partition coefficient (Wildman–Crippen LogP) is 2.61. The molecule has 3 rings (SSSR count). The minimum atomic E-state index is 0. The third kappa shape index (κ3) is 5.85. The van der Waals surface area contributed by atoms with Crippen LogP contribution in [0.25, 0.3) is 0 Å². The summed E-state index contributed by atoms with van der Waals surface area (Å²) in [5, 5.41) is 6.37. The summed E-state index contributed by atoms with van der Waals surface area (Å²) in [6, 6.07) is 8.15. The van der Waals surface area contributed by atoms with Crippen LogP contribution in [0, 0.1) is 0 Å². The van der Waals surface area contributed by atoms with Crippen molar-refractivity contribution >= 4 is 41.8 Å². The Morgan fingerprint density at radius 2 is 1.83 bits per heavy atom. The molecule has 2 N–H and O–H groups in total. The Morgan fingerprint density at radius 1 is 1.17 bits per heavy atom. The van der Waals surface area contributed by atoms with Crippen molar-refractivity contribution in [1.29, 1.82) is 0 Å². The molecule has 0 bridgehead atoms. The van der Waals surface area contributed by atoms with Gasteiger partial charge in [-0.3, -0.25) is 9.69 Å². The number of hydrogen-bond donors (Lipinski definition) is 2. The Balaban J connectivity index is 0.00000208. The topological polar surface area (TPSA) is 44.4 Å². The molecular weight excluding hydrogens is 362 g/mol. The summed E-state index contributed by atoms with van der Waals surface area (Å²) in [5.74, 6) is 2.52. The van der Waals surface area contributed by atoms with E-state index in [2.05, 4.69) is 27.7 Å². The molecule has 0 atom stereocenters. The summed E-state index contributed by atoms with van der Waals surface area (Å²) in [4.78, 5) is 14.6. The van der Waals surface area contributed by atoms with Gasteiger partial charge in [-0.15, -0.1) is 35.9 Å². The second-order valence-electron chi connectivity index (χ2n) is 5.90. The number of carbonyl (C=O) groups excluding carboxylic acids is 1. The molecule has 134 valence electrons. The Bertz CT molecular complexity index is 503. The maximum atomic E-state index is 12.2. The summed E-state index contributed by atoms with van der Waals surface area (Å²) in [7, 11) is 0. The van der Waals surface area contributed by atoms with Crippen molar-refractivity contribution in [3.63, 3.8) is 0 Å².